The van der Waals surface area contributed by atoms with Crippen LogP contribution in [-0.4, -0.2) is 28.9 Å². The van der Waals surface area contributed by atoms with Gasteiger partial charge in [0, 0.05) is 18.1 Å². The van der Waals surface area contributed by atoms with Gasteiger partial charge in [0.25, 0.3) is 5.91 Å². The zero-order valence-electron chi connectivity index (χ0n) is 8.78. The first-order valence-corrected chi connectivity index (χ1v) is 5.99. The highest BCUT2D eigenvalue weighted by atomic mass is 32.2. The zero-order valence-corrected chi connectivity index (χ0v) is 9.60. The highest BCUT2D eigenvalue weighted by Gasteiger charge is 2.06. The molecule has 0 spiro atoms. The minimum atomic E-state index is -0.645. The van der Waals surface area contributed by atoms with E-state index in [1.807, 2.05) is 0 Å². The molecule has 1 aromatic rings. The number of pyridine rings is 1. The fraction of sp³-hybridized carbons (Fsp3) is 0.273. The van der Waals surface area contributed by atoms with E-state index in [-0.39, 0.29) is 11.6 Å². The zero-order chi connectivity index (χ0) is 11.8. The number of carbonyl (C=O) groups excluding carboxylic acids is 1. The number of thioether (sulfide) groups is 1. The lowest BCUT2D eigenvalue weighted by atomic mass is 10.3. The van der Waals surface area contributed by atoms with Crippen LogP contribution in [0.25, 0.3) is 0 Å². The van der Waals surface area contributed by atoms with Gasteiger partial charge in [-0.3, -0.25) is 4.79 Å². The Balaban J connectivity index is 2.32. The van der Waals surface area contributed by atoms with Gasteiger partial charge < -0.3 is 5.32 Å². The number of nitrogens with zero attached hydrogens (tertiary/aromatic N) is 1. The quantitative estimate of drug-likeness (QED) is 0.469. The second-order valence-electron chi connectivity index (χ2n) is 2.97. The van der Waals surface area contributed by atoms with Crippen LogP contribution < -0.4 is 5.32 Å². The number of hydrogen-bond donors (Lipinski definition) is 1. The van der Waals surface area contributed by atoms with Gasteiger partial charge in [0.05, 0.1) is 0 Å². The van der Waals surface area contributed by atoms with E-state index in [0.29, 0.717) is 6.54 Å². The predicted molar refractivity (Wildman–Crippen MR) is 64.1 cm³/mol. The first-order chi connectivity index (χ1) is 7.74. The number of nitrogens with one attached hydrogen (secondary N) is 1. The summed E-state index contributed by atoms with van der Waals surface area (Å²) in [6, 6.07) is 4.15. The maximum atomic E-state index is 12.7. The lowest BCUT2D eigenvalue weighted by Crippen LogP contribution is -2.26. The molecule has 0 aromatic carbocycles. The number of aromatic nitrogens is 1. The summed E-state index contributed by atoms with van der Waals surface area (Å²) in [6.07, 6.45) is 1.81. The van der Waals surface area contributed by atoms with Gasteiger partial charge in [-0.1, -0.05) is 12.1 Å². The van der Waals surface area contributed by atoms with E-state index in [0.717, 1.165) is 11.5 Å². The molecule has 0 saturated heterocycles. The molecular weight excluding hydrogens is 227 g/mol. The Bertz CT molecular complexity index is 371. The summed E-state index contributed by atoms with van der Waals surface area (Å²) < 4.78 is 12.7. The molecule has 0 aliphatic rings. The lowest BCUT2D eigenvalue weighted by molar-refractivity contribution is 0.0950. The fourth-order valence-electron chi connectivity index (χ4n) is 1.03. The summed E-state index contributed by atoms with van der Waals surface area (Å²) in [6.45, 7) is 4.13. The second-order valence-corrected chi connectivity index (χ2v) is 4.11. The highest BCUT2D eigenvalue weighted by molar-refractivity contribution is 7.99. The van der Waals surface area contributed by atoms with E-state index >= 15 is 0 Å². The number of amides is 1. The smallest absolute Gasteiger partial charge is 0.270 e. The molecule has 3 nitrogen and oxygen atoms in total. The molecule has 0 fully saturated rings. The molecule has 1 N–H and O–H groups in total. The van der Waals surface area contributed by atoms with Crippen LogP contribution in [0, 0.1) is 5.95 Å². The molecule has 86 valence electrons. The predicted octanol–water partition coefficient (Wildman–Crippen LogP) is 1.87. The molecule has 0 saturated carbocycles. The van der Waals surface area contributed by atoms with Crippen molar-refractivity contribution in [2.75, 3.05) is 18.1 Å². The van der Waals surface area contributed by atoms with Crippen molar-refractivity contribution in [3.8, 4) is 0 Å². The SMILES string of the molecule is C=CCSCCNC(=O)c1cccc(F)n1. The van der Waals surface area contributed by atoms with Crippen LogP contribution in [-0.2, 0) is 0 Å². The number of halogens is 1. The van der Waals surface area contributed by atoms with Gasteiger partial charge in [-0.15, -0.1) is 6.58 Å². The molecule has 0 atom stereocenters. The Morgan fingerprint density at radius 2 is 2.44 bits per heavy atom. The summed E-state index contributed by atoms with van der Waals surface area (Å²) in [5, 5.41) is 2.66. The molecule has 1 amide bonds. The first-order valence-electron chi connectivity index (χ1n) is 4.83. The summed E-state index contributed by atoms with van der Waals surface area (Å²) in [5.41, 5.74) is 0.105. The second kappa shape index (κ2) is 7.00. The Kier molecular flexibility index (Phi) is 5.56. The van der Waals surface area contributed by atoms with Gasteiger partial charge in [-0.05, 0) is 12.1 Å². The molecule has 1 rings (SSSR count). The standard InChI is InChI=1S/C11H13FN2OS/c1-2-7-16-8-6-13-11(15)9-4-3-5-10(12)14-9/h2-5H,1,6-8H2,(H,13,15). The van der Waals surface area contributed by atoms with Crippen LogP contribution in [0.4, 0.5) is 4.39 Å². The lowest BCUT2D eigenvalue weighted by Gasteiger charge is -2.03. The van der Waals surface area contributed by atoms with Crippen molar-refractivity contribution in [2.24, 2.45) is 0 Å². The summed E-state index contributed by atoms with van der Waals surface area (Å²) in [5.74, 6) is 0.661. The largest absolute Gasteiger partial charge is 0.350 e. The van der Waals surface area contributed by atoms with Crippen molar-refractivity contribution in [2.45, 2.75) is 0 Å². The Labute approximate surface area is 98.2 Å². The molecule has 0 bridgehead atoms. The van der Waals surface area contributed by atoms with Gasteiger partial charge >= 0.3 is 0 Å². The van der Waals surface area contributed by atoms with Crippen LogP contribution in [0.3, 0.4) is 0 Å². The van der Waals surface area contributed by atoms with E-state index in [1.165, 1.54) is 18.2 Å². The summed E-state index contributed by atoms with van der Waals surface area (Å²) >= 11 is 1.67. The normalized spacial score (nSPS) is 9.81. The maximum Gasteiger partial charge on any atom is 0.270 e. The third kappa shape index (κ3) is 4.44. The van der Waals surface area contributed by atoms with Crippen LogP contribution in [0.15, 0.2) is 30.9 Å². The van der Waals surface area contributed by atoms with E-state index in [9.17, 15) is 9.18 Å². The topological polar surface area (TPSA) is 42.0 Å². The van der Waals surface area contributed by atoms with Crippen LogP contribution in [0.2, 0.25) is 0 Å². The molecule has 0 aliphatic heterocycles. The summed E-state index contributed by atoms with van der Waals surface area (Å²) in [7, 11) is 0. The van der Waals surface area contributed by atoms with E-state index in [1.54, 1.807) is 17.8 Å². The highest BCUT2D eigenvalue weighted by Crippen LogP contribution is 1.99. The van der Waals surface area contributed by atoms with Crippen molar-refractivity contribution < 1.29 is 9.18 Å². The maximum absolute atomic E-state index is 12.7. The van der Waals surface area contributed by atoms with Gasteiger partial charge in [0.1, 0.15) is 5.69 Å². The molecule has 16 heavy (non-hydrogen) atoms. The van der Waals surface area contributed by atoms with E-state index in [4.69, 9.17) is 0 Å². The molecular formula is C11H13FN2OS. The molecule has 0 unspecified atom stereocenters. The fourth-order valence-corrected chi connectivity index (χ4v) is 1.61. The van der Waals surface area contributed by atoms with Crippen molar-refractivity contribution in [1.29, 1.82) is 0 Å². The van der Waals surface area contributed by atoms with Gasteiger partial charge in [0.2, 0.25) is 5.95 Å². The molecule has 0 aliphatic carbocycles. The van der Waals surface area contributed by atoms with Gasteiger partial charge in [-0.2, -0.15) is 16.2 Å². The monoisotopic (exact) mass is 240 g/mol. The number of carbonyl (C=O) groups is 1. The Morgan fingerprint density at radius 3 is 3.12 bits per heavy atom. The number of rotatable bonds is 6. The average molecular weight is 240 g/mol. The van der Waals surface area contributed by atoms with Crippen LogP contribution >= 0.6 is 11.8 Å². The van der Waals surface area contributed by atoms with Crippen LogP contribution in [0.5, 0.6) is 0 Å². The Morgan fingerprint density at radius 1 is 1.62 bits per heavy atom. The average Bonchev–Trinajstić information content (AvgIpc) is 2.28. The molecule has 1 heterocycles. The molecule has 1 aromatic heterocycles. The van der Waals surface area contributed by atoms with Crippen molar-refractivity contribution in [1.82, 2.24) is 10.3 Å². The van der Waals surface area contributed by atoms with Crippen molar-refractivity contribution in [3.63, 3.8) is 0 Å². The minimum Gasteiger partial charge on any atom is -0.350 e. The van der Waals surface area contributed by atoms with Gasteiger partial charge in [-0.25, -0.2) is 4.98 Å². The molecule has 5 heteroatoms. The number of hydrogen-bond acceptors (Lipinski definition) is 3. The first kappa shape index (κ1) is 12.7. The van der Waals surface area contributed by atoms with Crippen molar-refractivity contribution >= 4 is 17.7 Å². The van der Waals surface area contributed by atoms with E-state index in [2.05, 4.69) is 16.9 Å². The molecule has 0 radical (unpaired) electrons. The van der Waals surface area contributed by atoms with Crippen molar-refractivity contribution in [3.05, 3.63) is 42.5 Å². The van der Waals surface area contributed by atoms with Gasteiger partial charge in [0.15, 0.2) is 0 Å². The third-order valence-corrected chi connectivity index (χ3v) is 2.68. The minimum absolute atomic E-state index is 0.105. The van der Waals surface area contributed by atoms with Crippen LogP contribution in [0.1, 0.15) is 10.5 Å². The third-order valence-electron chi connectivity index (χ3n) is 1.72. The Hall–Kier alpha value is -1.36. The van der Waals surface area contributed by atoms with E-state index < -0.39 is 5.95 Å². The summed E-state index contributed by atoms with van der Waals surface area (Å²) in [4.78, 5) is 14.9.